The SMILES string of the molecule is CCOC(=O)C1=C(CC)OC(N)=C(C#N)[C@H]1c1ccccc1Cl. The lowest BCUT2D eigenvalue weighted by Gasteiger charge is -2.28. The Balaban J connectivity index is 2.69. The molecular weight excluding hydrogens is 316 g/mol. The number of benzene rings is 1. The first-order chi connectivity index (χ1) is 11.0. The van der Waals surface area contributed by atoms with Gasteiger partial charge >= 0.3 is 5.97 Å². The zero-order valence-electron chi connectivity index (χ0n) is 12.9. The van der Waals surface area contributed by atoms with Crippen molar-refractivity contribution >= 4 is 17.6 Å². The lowest BCUT2D eigenvalue weighted by molar-refractivity contribution is -0.139. The Labute approximate surface area is 139 Å². The Bertz CT molecular complexity index is 732. The van der Waals surface area contributed by atoms with Gasteiger partial charge in [0.25, 0.3) is 0 Å². The summed E-state index contributed by atoms with van der Waals surface area (Å²) in [6.45, 7) is 3.77. The van der Waals surface area contributed by atoms with Crippen LogP contribution < -0.4 is 5.73 Å². The number of rotatable bonds is 4. The van der Waals surface area contributed by atoms with Gasteiger partial charge in [-0.3, -0.25) is 0 Å². The van der Waals surface area contributed by atoms with Crippen molar-refractivity contribution in [2.24, 2.45) is 5.73 Å². The van der Waals surface area contributed by atoms with Crippen LogP contribution in [-0.2, 0) is 14.3 Å². The topological polar surface area (TPSA) is 85.3 Å². The number of nitriles is 1. The van der Waals surface area contributed by atoms with Gasteiger partial charge in [-0.15, -0.1) is 0 Å². The van der Waals surface area contributed by atoms with Crippen molar-refractivity contribution in [2.45, 2.75) is 26.2 Å². The molecule has 1 heterocycles. The van der Waals surface area contributed by atoms with E-state index in [2.05, 4.69) is 0 Å². The lowest BCUT2D eigenvalue weighted by atomic mass is 9.82. The van der Waals surface area contributed by atoms with E-state index in [9.17, 15) is 10.1 Å². The van der Waals surface area contributed by atoms with Crippen molar-refractivity contribution in [3.05, 3.63) is 57.6 Å². The summed E-state index contributed by atoms with van der Waals surface area (Å²) in [6, 6.07) is 9.05. The molecule has 0 aromatic heterocycles. The van der Waals surface area contributed by atoms with Gasteiger partial charge in [0.05, 0.1) is 18.1 Å². The van der Waals surface area contributed by atoms with E-state index in [4.69, 9.17) is 26.8 Å². The first kappa shape index (κ1) is 16.9. The summed E-state index contributed by atoms with van der Waals surface area (Å²) in [5.74, 6) is -0.849. The standard InChI is InChI=1S/C17H17ClN2O3/c1-3-13-15(17(21)22-4-2)14(11(9-19)16(20)23-13)10-7-5-6-8-12(10)18/h5-8,14H,3-4,20H2,1-2H3/t14-/m1/s1. The molecule has 23 heavy (non-hydrogen) atoms. The van der Waals surface area contributed by atoms with Crippen LogP contribution in [0.1, 0.15) is 31.7 Å². The van der Waals surface area contributed by atoms with Crippen LogP contribution in [0.3, 0.4) is 0 Å². The van der Waals surface area contributed by atoms with Crippen LogP contribution in [-0.4, -0.2) is 12.6 Å². The molecule has 0 amide bonds. The number of halogens is 1. The monoisotopic (exact) mass is 332 g/mol. The maximum atomic E-state index is 12.5. The third kappa shape index (κ3) is 3.17. The average Bonchev–Trinajstić information content (AvgIpc) is 2.54. The fraction of sp³-hybridized carbons (Fsp3) is 0.294. The number of carbonyl (C=O) groups is 1. The molecule has 2 rings (SSSR count). The van der Waals surface area contributed by atoms with Crippen molar-refractivity contribution in [3.8, 4) is 6.07 Å². The molecule has 6 heteroatoms. The Morgan fingerprint density at radius 3 is 2.70 bits per heavy atom. The Morgan fingerprint density at radius 1 is 1.43 bits per heavy atom. The summed E-state index contributed by atoms with van der Waals surface area (Å²) in [5, 5.41) is 9.93. The molecule has 0 saturated carbocycles. The van der Waals surface area contributed by atoms with E-state index in [0.29, 0.717) is 22.8 Å². The second kappa shape index (κ2) is 7.21. The zero-order valence-corrected chi connectivity index (χ0v) is 13.7. The summed E-state index contributed by atoms with van der Waals surface area (Å²) < 4.78 is 10.6. The van der Waals surface area contributed by atoms with Crippen LogP contribution in [0.4, 0.5) is 0 Å². The van der Waals surface area contributed by atoms with Crippen molar-refractivity contribution in [2.75, 3.05) is 6.61 Å². The minimum Gasteiger partial charge on any atom is -0.463 e. The number of nitrogens with zero attached hydrogens (tertiary/aromatic N) is 1. The normalized spacial score (nSPS) is 17.6. The molecule has 1 aliphatic heterocycles. The highest BCUT2D eigenvalue weighted by Crippen LogP contribution is 2.42. The van der Waals surface area contributed by atoms with Gasteiger partial charge in [0.1, 0.15) is 17.4 Å². The fourth-order valence-electron chi connectivity index (χ4n) is 2.53. The average molecular weight is 333 g/mol. The molecule has 1 aromatic rings. The maximum Gasteiger partial charge on any atom is 0.338 e. The van der Waals surface area contributed by atoms with Crippen molar-refractivity contribution in [1.29, 1.82) is 5.26 Å². The van der Waals surface area contributed by atoms with Crippen molar-refractivity contribution < 1.29 is 14.3 Å². The van der Waals surface area contributed by atoms with Gasteiger partial charge < -0.3 is 15.2 Å². The summed E-state index contributed by atoms with van der Waals surface area (Å²) in [6.07, 6.45) is 0.439. The van der Waals surface area contributed by atoms with E-state index in [1.54, 1.807) is 31.2 Å². The van der Waals surface area contributed by atoms with Crippen LogP contribution >= 0.6 is 11.6 Å². The molecule has 0 bridgehead atoms. The molecule has 1 aliphatic rings. The predicted octanol–water partition coefficient (Wildman–Crippen LogP) is 3.37. The second-order valence-electron chi connectivity index (χ2n) is 4.86. The Morgan fingerprint density at radius 2 is 2.13 bits per heavy atom. The van der Waals surface area contributed by atoms with Gasteiger partial charge in [-0.05, 0) is 18.6 Å². The van der Waals surface area contributed by atoms with Gasteiger partial charge in [-0.2, -0.15) is 5.26 Å². The molecule has 0 radical (unpaired) electrons. The first-order valence-electron chi connectivity index (χ1n) is 7.27. The molecule has 0 spiro atoms. The summed E-state index contributed by atoms with van der Waals surface area (Å²) in [4.78, 5) is 12.5. The Kier molecular flexibility index (Phi) is 5.30. The van der Waals surface area contributed by atoms with E-state index in [1.807, 2.05) is 13.0 Å². The number of nitrogens with two attached hydrogens (primary N) is 1. The number of allylic oxidation sites excluding steroid dienone is 2. The van der Waals surface area contributed by atoms with Crippen LogP contribution in [0, 0.1) is 11.3 Å². The lowest BCUT2D eigenvalue weighted by Crippen LogP contribution is -2.26. The van der Waals surface area contributed by atoms with Crippen LogP contribution in [0.5, 0.6) is 0 Å². The van der Waals surface area contributed by atoms with E-state index < -0.39 is 11.9 Å². The summed E-state index contributed by atoms with van der Waals surface area (Å²) in [5.41, 5.74) is 6.91. The molecule has 0 aliphatic carbocycles. The highest BCUT2D eigenvalue weighted by atomic mass is 35.5. The number of ether oxygens (including phenoxy) is 2. The highest BCUT2D eigenvalue weighted by molar-refractivity contribution is 6.31. The van der Waals surface area contributed by atoms with Gasteiger partial charge in [0, 0.05) is 11.4 Å². The molecule has 2 N–H and O–H groups in total. The number of carbonyl (C=O) groups excluding carboxylic acids is 1. The summed E-state index contributed by atoms with van der Waals surface area (Å²) >= 11 is 6.28. The largest absolute Gasteiger partial charge is 0.463 e. The summed E-state index contributed by atoms with van der Waals surface area (Å²) in [7, 11) is 0. The van der Waals surface area contributed by atoms with Crippen molar-refractivity contribution in [3.63, 3.8) is 0 Å². The number of esters is 1. The van der Waals surface area contributed by atoms with Crippen LogP contribution in [0.25, 0.3) is 0 Å². The minimum absolute atomic E-state index is 0.0117. The fourth-order valence-corrected chi connectivity index (χ4v) is 2.78. The van der Waals surface area contributed by atoms with Gasteiger partial charge in [-0.1, -0.05) is 36.7 Å². The Hall–Kier alpha value is -2.45. The molecular formula is C17H17ClN2O3. The maximum absolute atomic E-state index is 12.5. The van der Waals surface area contributed by atoms with Crippen LogP contribution in [0.2, 0.25) is 5.02 Å². The highest BCUT2D eigenvalue weighted by Gasteiger charge is 2.37. The van der Waals surface area contributed by atoms with E-state index in [1.165, 1.54) is 0 Å². The van der Waals surface area contributed by atoms with Gasteiger partial charge in [-0.25, -0.2) is 4.79 Å². The molecule has 0 fully saturated rings. The molecule has 0 saturated heterocycles. The van der Waals surface area contributed by atoms with E-state index >= 15 is 0 Å². The van der Waals surface area contributed by atoms with Gasteiger partial charge in [0.15, 0.2) is 0 Å². The number of hydrogen-bond donors (Lipinski definition) is 1. The third-order valence-electron chi connectivity index (χ3n) is 3.53. The molecule has 1 aromatic carbocycles. The predicted molar refractivity (Wildman–Crippen MR) is 86.1 cm³/mol. The van der Waals surface area contributed by atoms with Crippen LogP contribution in [0.15, 0.2) is 47.1 Å². The first-order valence-corrected chi connectivity index (χ1v) is 7.65. The zero-order chi connectivity index (χ0) is 17.0. The molecule has 120 valence electrons. The van der Waals surface area contributed by atoms with Gasteiger partial charge in [0.2, 0.25) is 5.88 Å². The molecule has 5 nitrogen and oxygen atoms in total. The van der Waals surface area contributed by atoms with Crippen molar-refractivity contribution in [1.82, 2.24) is 0 Å². The molecule has 1 atom stereocenters. The number of hydrogen-bond acceptors (Lipinski definition) is 5. The quantitative estimate of drug-likeness (QED) is 0.854. The van der Waals surface area contributed by atoms with E-state index in [-0.39, 0.29) is 23.6 Å². The van der Waals surface area contributed by atoms with E-state index in [0.717, 1.165) is 0 Å². The minimum atomic E-state index is -0.698. The molecule has 0 unspecified atom stereocenters. The third-order valence-corrected chi connectivity index (χ3v) is 3.87. The second-order valence-corrected chi connectivity index (χ2v) is 5.26. The smallest absolute Gasteiger partial charge is 0.338 e.